The zero-order valence-electron chi connectivity index (χ0n) is 12.7. The molecule has 1 heterocycles. The Hall–Kier alpha value is -2.86. The van der Waals surface area contributed by atoms with Gasteiger partial charge in [-0.25, -0.2) is 0 Å². The van der Waals surface area contributed by atoms with Crippen molar-refractivity contribution in [2.75, 3.05) is 7.11 Å². The first-order valence-corrected chi connectivity index (χ1v) is 7.42. The van der Waals surface area contributed by atoms with Crippen molar-refractivity contribution < 1.29 is 18.8 Å². The van der Waals surface area contributed by atoms with Crippen LogP contribution in [0.2, 0.25) is 5.02 Å². The lowest BCUT2D eigenvalue weighted by molar-refractivity contribution is 0.112. The first kappa shape index (κ1) is 16.0. The molecule has 0 aliphatic rings. The van der Waals surface area contributed by atoms with Crippen LogP contribution in [0.3, 0.4) is 0 Å². The van der Waals surface area contributed by atoms with E-state index < -0.39 is 0 Å². The topological polar surface area (TPSA) is 74.5 Å². The van der Waals surface area contributed by atoms with Crippen molar-refractivity contribution in [2.45, 2.75) is 6.61 Å². The smallest absolute Gasteiger partial charge is 0.264 e. The molecule has 0 amide bonds. The van der Waals surface area contributed by atoms with Crippen LogP contribution in [0.15, 0.2) is 47.0 Å². The Balaban J connectivity index is 1.71. The van der Waals surface area contributed by atoms with Crippen molar-refractivity contribution in [3.8, 4) is 22.9 Å². The van der Waals surface area contributed by atoms with Crippen molar-refractivity contribution in [3.05, 3.63) is 58.9 Å². The average molecular weight is 345 g/mol. The minimum absolute atomic E-state index is 0.0807. The van der Waals surface area contributed by atoms with Gasteiger partial charge in [-0.05, 0) is 42.5 Å². The number of ether oxygens (including phenoxy) is 2. The summed E-state index contributed by atoms with van der Waals surface area (Å²) in [4.78, 5) is 15.1. The van der Waals surface area contributed by atoms with E-state index in [1.54, 1.807) is 42.5 Å². The maximum atomic E-state index is 10.8. The average Bonchev–Trinajstić information content (AvgIpc) is 3.09. The van der Waals surface area contributed by atoms with Gasteiger partial charge < -0.3 is 14.0 Å². The molecule has 0 bridgehead atoms. The largest absolute Gasteiger partial charge is 0.493 e. The van der Waals surface area contributed by atoms with E-state index in [0.717, 1.165) is 11.8 Å². The summed E-state index contributed by atoms with van der Waals surface area (Å²) in [7, 11) is 1.50. The first-order chi connectivity index (χ1) is 11.7. The molecule has 0 N–H and O–H groups in total. The number of hydrogen-bond acceptors (Lipinski definition) is 6. The fourth-order valence-electron chi connectivity index (χ4n) is 2.05. The van der Waals surface area contributed by atoms with Crippen LogP contribution >= 0.6 is 11.6 Å². The van der Waals surface area contributed by atoms with E-state index in [1.165, 1.54) is 7.11 Å². The Labute approximate surface area is 143 Å². The summed E-state index contributed by atoms with van der Waals surface area (Å²) in [5.41, 5.74) is 1.30. The second kappa shape index (κ2) is 7.14. The molecule has 0 fully saturated rings. The summed E-state index contributed by atoms with van der Waals surface area (Å²) >= 11 is 5.85. The molecule has 2 aromatic carbocycles. The highest BCUT2D eigenvalue weighted by atomic mass is 35.5. The number of halogens is 1. The maximum Gasteiger partial charge on any atom is 0.264 e. The van der Waals surface area contributed by atoms with E-state index in [0.29, 0.717) is 33.8 Å². The fourth-order valence-corrected chi connectivity index (χ4v) is 2.17. The molecule has 1 aromatic heterocycles. The van der Waals surface area contributed by atoms with Crippen LogP contribution < -0.4 is 9.47 Å². The molecule has 0 saturated carbocycles. The molecule has 0 radical (unpaired) electrons. The van der Waals surface area contributed by atoms with E-state index in [2.05, 4.69) is 10.1 Å². The van der Waals surface area contributed by atoms with Gasteiger partial charge in [0.15, 0.2) is 18.1 Å². The Bertz CT molecular complexity index is 846. The third-order valence-corrected chi connectivity index (χ3v) is 3.50. The van der Waals surface area contributed by atoms with Crippen LogP contribution in [-0.4, -0.2) is 23.5 Å². The monoisotopic (exact) mass is 344 g/mol. The Morgan fingerprint density at radius 1 is 1.17 bits per heavy atom. The summed E-state index contributed by atoms with van der Waals surface area (Å²) in [6, 6.07) is 12.0. The number of aromatic nitrogens is 2. The van der Waals surface area contributed by atoms with Crippen LogP contribution in [0.5, 0.6) is 11.5 Å². The Kier molecular flexibility index (Phi) is 4.77. The van der Waals surface area contributed by atoms with Gasteiger partial charge in [0, 0.05) is 16.1 Å². The molecule has 0 spiro atoms. The quantitative estimate of drug-likeness (QED) is 0.633. The Morgan fingerprint density at radius 3 is 2.67 bits per heavy atom. The molecule has 3 aromatic rings. The molecule has 0 saturated heterocycles. The third kappa shape index (κ3) is 3.55. The first-order valence-electron chi connectivity index (χ1n) is 7.04. The van der Waals surface area contributed by atoms with Gasteiger partial charge in [-0.3, -0.25) is 4.79 Å². The summed E-state index contributed by atoms with van der Waals surface area (Å²) in [5.74, 6) is 1.71. The SMILES string of the molecule is COc1cc(C=O)ccc1OCc1nc(-c2ccc(Cl)cc2)no1. The van der Waals surface area contributed by atoms with Gasteiger partial charge in [-0.15, -0.1) is 0 Å². The predicted molar refractivity (Wildman–Crippen MR) is 87.5 cm³/mol. The van der Waals surface area contributed by atoms with Gasteiger partial charge >= 0.3 is 0 Å². The molecule has 7 heteroatoms. The lowest BCUT2D eigenvalue weighted by Crippen LogP contribution is -1.98. The number of rotatable bonds is 6. The standard InChI is InChI=1S/C17H13ClN2O4/c1-22-15-8-11(9-21)2-7-14(15)23-10-16-19-17(20-24-16)12-3-5-13(18)6-4-12/h2-9H,10H2,1H3. The third-order valence-electron chi connectivity index (χ3n) is 3.25. The van der Waals surface area contributed by atoms with E-state index in [9.17, 15) is 4.79 Å². The summed E-state index contributed by atoms with van der Waals surface area (Å²) < 4.78 is 16.0. The predicted octanol–water partition coefficient (Wildman–Crippen LogP) is 3.79. The normalized spacial score (nSPS) is 10.4. The second-order valence-electron chi connectivity index (χ2n) is 4.84. The van der Waals surface area contributed by atoms with Gasteiger partial charge in [0.25, 0.3) is 5.89 Å². The van der Waals surface area contributed by atoms with Crippen LogP contribution in [0.25, 0.3) is 11.4 Å². The number of methoxy groups -OCH3 is 1. The van der Waals surface area contributed by atoms with Gasteiger partial charge in [0.1, 0.15) is 6.29 Å². The van der Waals surface area contributed by atoms with Crippen molar-refractivity contribution in [1.29, 1.82) is 0 Å². The number of benzene rings is 2. The highest BCUT2D eigenvalue weighted by Gasteiger charge is 2.11. The lowest BCUT2D eigenvalue weighted by atomic mass is 10.2. The van der Waals surface area contributed by atoms with Crippen molar-refractivity contribution in [2.24, 2.45) is 0 Å². The van der Waals surface area contributed by atoms with E-state index in [-0.39, 0.29) is 6.61 Å². The molecule has 0 aliphatic heterocycles. The second-order valence-corrected chi connectivity index (χ2v) is 5.27. The summed E-state index contributed by atoms with van der Waals surface area (Å²) in [6.07, 6.45) is 0.739. The van der Waals surface area contributed by atoms with E-state index in [4.69, 9.17) is 25.6 Å². The number of hydrogen-bond donors (Lipinski definition) is 0. The van der Waals surface area contributed by atoms with Crippen LogP contribution in [0.4, 0.5) is 0 Å². The molecular formula is C17H13ClN2O4. The number of nitrogens with zero attached hydrogens (tertiary/aromatic N) is 2. The van der Waals surface area contributed by atoms with Crippen molar-refractivity contribution in [1.82, 2.24) is 10.1 Å². The summed E-state index contributed by atoms with van der Waals surface area (Å²) in [6.45, 7) is 0.0807. The molecule has 6 nitrogen and oxygen atoms in total. The molecular weight excluding hydrogens is 332 g/mol. The molecule has 24 heavy (non-hydrogen) atoms. The van der Waals surface area contributed by atoms with Crippen LogP contribution in [0, 0.1) is 0 Å². The van der Waals surface area contributed by atoms with Gasteiger partial charge in [-0.2, -0.15) is 4.98 Å². The summed E-state index contributed by atoms with van der Waals surface area (Å²) in [5, 5.41) is 4.55. The van der Waals surface area contributed by atoms with Crippen molar-refractivity contribution in [3.63, 3.8) is 0 Å². The highest BCUT2D eigenvalue weighted by Crippen LogP contribution is 2.28. The lowest BCUT2D eigenvalue weighted by Gasteiger charge is -2.09. The highest BCUT2D eigenvalue weighted by molar-refractivity contribution is 6.30. The number of aldehydes is 1. The zero-order valence-corrected chi connectivity index (χ0v) is 13.5. The maximum absolute atomic E-state index is 10.8. The molecule has 0 aliphatic carbocycles. The van der Waals surface area contributed by atoms with Gasteiger partial charge in [0.05, 0.1) is 7.11 Å². The van der Waals surface area contributed by atoms with E-state index in [1.807, 2.05) is 0 Å². The van der Waals surface area contributed by atoms with Crippen LogP contribution in [-0.2, 0) is 6.61 Å². The van der Waals surface area contributed by atoms with Crippen molar-refractivity contribution >= 4 is 17.9 Å². The minimum atomic E-state index is 0.0807. The minimum Gasteiger partial charge on any atom is -0.493 e. The number of carbonyl (C=O) groups is 1. The van der Waals surface area contributed by atoms with Gasteiger partial charge in [0.2, 0.25) is 5.82 Å². The number of carbonyl (C=O) groups excluding carboxylic acids is 1. The van der Waals surface area contributed by atoms with Crippen LogP contribution in [0.1, 0.15) is 16.2 Å². The van der Waals surface area contributed by atoms with Gasteiger partial charge in [-0.1, -0.05) is 16.8 Å². The molecule has 0 unspecified atom stereocenters. The molecule has 122 valence electrons. The molecule has 3 rings (SSSR count). The Morgan fingerprint density at radius 2 is 1.96 bits per heavy atom. The molecule has 0 atom stereocenters. The fraction of sp³-hybridized carbons (Fsp3) is 0.118. The zero-order chi connectivity index (χ0) is 16.9. The van der Waals surface area contributed by atoms with E-state index >= 15 is 0 Å².